The number of rotatable bonds is 3. The van der Waals surface area contributed by atoms with Crippen LogP contribution in [0.1, 0.15) is 40.9 Å². The van der Waals surface area contributed by atoms with Gasteiger partial charge in [0.2, 0.25) is 0 Å². The van der Waals surface area contributed by atoms with Gasteiger partial charge in [-0.25, -0.2) is 9.97 Å². The third-order valence-corrected chi connectivity index (χ3v) is 4.41. The SMILES string of the molecule is Cc1nccn1-c1cccc([C@@H]2CCCN2C(=O)c2ccn[nH]2)n1. The van der Waals surface area contributed by atoms with E-state index >= 15 is 0 Å². The van der Waals surface area contributed by atoms with Crippen molar-refractivity contribution in [1.82, 2.24) is 29.6 Å². The molecule has 1 amide bonds. The van der Waals surface area contributed by atoms with E-state index in [1.54, 1.807) is 18.5 Å². The number of hydrogen-bond acceptors (Lipinski definition) is 4. The highest BCUT2D eigenvalue weighted by Crippen LogP contribution is 2.32. The molecule has 4 rings (SSSR count). The lowest BCUT2D eigenvalue weighted by molar-refractivity contribution is 0.0727. The number of carbonyl (C=O) groups is 1. The molecular formula is C17H18N6O. The first-order valence-corrected chi connectivity index (χ1v) is 8.01. The largest absolute Gasteiger partial charge is 0.329 e. The first-order valence-electron chi connectivity index (χ1n) is 8.01. The van der Waals surface area contributed by atoms with Gasteiger partial charge in [-0.05, 0) is 38.0 Å². The second-order valence-electron chi connectivity index (χ2n) is 5.89. The lowest BCUT2D eigenvalue weighted by Gasteiger charge is -2.24. The van der Waals surface area contributed by atoms with Crippen molar-refractivity contribution in [3.63, 3.8) is 0 Å². The van der Waals surface area contributed by atoms with Crippen LogP contribution in [0.3, 0.4) is 0 Å². The summed E-state index contributed by atoms with van der Waals surface area (Å²) in [6.45, 7) is 2.68. The molecule has 1 N–H and O–H groups in total. The van der Waals surface area contributed by atoms with Crippen molar-refractivity contribution in [2.45, 2.75) is 25.8 Å². The van der Waals surface area contributed by atoms with Gasteiger partial charge in [0.25, 0.3) is 5.91 Å². The molecule has 1 aliphatic heterocycles. The number of aromatic amines is 1. The Hall–Kier alpha value is -2.96. The van der Waals surface area contributed by atoms with Crippen molar-refractivity contribution in [2.75, 3.05) is 6.54 Å². The van der Waals surface area contributed by atoms with Crippen molar-refractivity contribution in [3.8, 4) is 5.82 Å². The molecule has 0 aliphatic carbocycles. The minimum Gasteiger partial charge on any atom is -0.329 e. The summed E-state index contributed by atoms with van der Waals surface area (Å²) in [5.74, 6) is 1.68. The van der Waals surface area contributed by atoms with Crippen LogP contribution < -0.4 is 0 Å². The van der Waals surface area contributed by atoms with Gasteiger partial charge >= 0.3 is 0 Å². The van der Waals surface area contributed by atoms with Gasteiger partial charge in [0, 0.05) is 25.1 Å². The standard InChI is InChI=1S/C17H18N6O/c1-12-18-9-11-22(12)16-6-2-4-13(20-16)15-5-3-10-23(15)17(24)14-7-8-19-21-14/h2,4,6-9,11,15H,3,5,10H2,1H3,(H,19,21)/t15-/m0/s1. The second kappa shape index (κ2) is 5.92. The molecule has 0 saturated carbocycles. The first-order chi connectivity index (χ1) is 11.7. The van der Waals surface area contributed by atoms with Crippen molar-refractivity contribution in [3.05, 3.63) is 60.1 Å². The number of aryl methyl sites for hydroxylation is 1. The second-order valence-corrected chi connectivity index (χ2v) is 5.89. The van der Waals surface area contributed by atoms with Crippen LogP contribution in [-0.2, 0) is 0 Å². The molecule has 0 spiro atoms. The number of hydrogen-bond donors (Lipinski definition) is 1. The fourth-order valence-corrected chi connectivity index (χ4v) is 3.23. The molecule has 3 aromatic rings. The summed E-state index contributed by atoms with van der Waals surface area (Å²) in [4.78, 5) is 23.6. The van der Waals surface area contributed by atoms with Gasteiger partial charge in [-0.1, -0.05) is 6.07 Å². The number of nitrogens with zero attached hydrogens (tertiary/aromatic N) is 5. The molecule has 0 radical (unpaired) electrons. The van der Waals surface area contributed by atoms with Gasteiger partial charge in [-0.2, -0.15) is 5.10 Å². The zero-order chi connectivity index (χ0) is 16.5. The average molecular weight is 322 g/mol. The van der Waals surface area contributed by atoms with Gasteiger partial charge in [0.15, 0.2) is 0 Å². The summed E-state index contributed by atoms with van der Waals surface area (Å²) in [6.07, 6.45) is 7.13. The van der Waals surface area contributed by atoms with Crippen molar-refractivity contribution >= 4 is 5.91 Å². The minimum absolute atomic E-state index is 0.00965. The van der Waals surface area contributed by atoms with Gasteiger partial charge in [0.05, 0.1) is 11.7 Å². The fourth-order valence-electron chi connectivity index (χ4n) is 3.23. The molecule has 122 valence electrons. The Kier molecular flexibility index (Phi) is 3.60. The number of nitrogens with one attached hydrogen (secondary N) is 1. The number of likely N-dealkylation sites (tertiary alicyclic amines) is 1. The number of carbonyl (C=O) groups excluding carboxylic acids is 1. The van der Waals surface area contributed by atoms with Gasteiger partial charge < -0.3 is 4.90 Å². The van der Waals surface area contributed by atoms with E-state index in [0.717, 1.165) is 36.7 Å². The molecule has 1 saturated heterocycles. The van der Waals surface area contributed by atoms with Gasteiger partial charge in [-0.15, -0.1) is 0 Å². The lowest BCUT2D eigenvalue weighted by atomic mass is 10.1. The normalized spacial score (nSPS) is 17.4. The summed E-state index contributed by atoms with van der Waals surface area (Å²) in [6, 6.07) is 7.61. The Bertz CT molecular complexity index is 854. The van der Waals surface area contributed by atoms with Crippen LogP contribution in [0.15, 0.2) is 42.9 Å². The topological polar surface area (TPSA) is 79.7 Å². The Morgan fingerprint density at radius 3 is 2.96 bits per heavy atom. The number of H-pyrrole nitrogens is 1. The van der Waals surface area contributed by atoms with Crippen LogP contribution in [0.25, 0.3) is 5.82 Å². The smallest absolute Gasteiger partial charge is 0.272 e. The first kappa shape index (κ1) is 14.6. The molecule has 0 unspecified atom stereocenters. The Morgan fingerprint density at radius 2 is 2.21 bits per heavy atom. The quantitative estimate of drug-likeness (QED) is 0.802. The molecule has 3 aromatic heterocycles. The predicted octanol–water partition coefficient (Wildman–Crippen LogP) is 2.28. The van der Waals surface area contributed by atoms with Gasteiger partial charge in [0.1, 0.15) is 17.3 Å². The van der Waals surface area contributed by atoms with Gasteiger partial charge in [-0.3, -0.25) is 14.5 Å². The number of aromatic nitrogens is 5. The average Bonchev–Trinajstić information content (AvgIpc) is 3.35. The van der Waals surface area contributed by atoms with E-state index in [2.05, 4.69) is 15.2 Å². The molecule has 0 bridgehead atoms. The number of pyridine rings is 1. The predicted molar refractivity (Wildman–Crippen MR) is 87.7 cm³/mol. The van der Waals surface area contributed by atoms with Crippen LogP contribution in [-0.4, -0.2) is 42.1 Å². The molecule has 1 atom stereocenters. The molecule has 0 aromatic carbocycles. The summed E-state index contributed by atoms with van der Waals surface area (Å²) in [5, 5.41) is 6.62. The van der Waals surface area contributed by atoms with Crippen LogP contribution in [0.2, 0.25) is 0 Å². The van der Waals surface area contributed by atoms with Crippen molar-refractivity contribution < 1.29 is 4.79 Å². The Balaban J connectivity index is 1.65. The van der Waals surface area contributed by atoms with Crippen LogP contribution in [0.4, 0.5) is 0 Å². The lowest BCUT2D eigenvalue weighted by Crippen LogP contribution is -2.31. The monoisotopic (exact) mass is 322 g/mol. The zero-order valence-electron chi connectivity index (χ0n) is 13.4. The number of imidazole rings is 1. The molecule has 24 heavy (non-hydrogen) atoms. The van der Waals surface area contributed by atoms with E-state index < -0.39 is 0 Å². The fraction of sp³-hybridized carbons (Fsp3) is 0.294. The minimum atomic E-state index is -0.0268. The third-order valence-electron chi connectivity index (χ3n) is 4.41. The number of amides is 1. The van der Waals surface area contributed by atoms with E-state index in [9.17, 15) is 4.79 Å². The summed E-state index contributed by atoms with van der Waals surface area (Å²) in [5.41, 5.74) is 1.43. The summed E-state index contributed by atoms with van der Waals surface area (Å²) in [7, 11) is 0. The van der Waals surface area contributed by atoms with E-state index in [1.165, 1.54) is 0 Å². The highest BCUT2D eigenvalue weighted by Gasteiger charge is 2.32. The third kappa shape index (κ3) is 2.47. The van der Waals surface area contributed by atoms with Crippen LogP contribution in [0.5, 0.6) is 0 Å². The maximum atomic E-state index is 12.7. The molecule has 1 fully saturated rings. The van der Waals surface area contributed by atoms with E-state index in [-0.39, 0.29) is 11.9 Å². The molecule has 7 heteroatoms. The Labute approximate surface area is 139 Å². The molecule has 7 nitrogen and oxygen atoms in total. The summed E-state index contributed by atoms with van der Waals surface area (Å²) < 4.78 is 1.94. The van der Waals surface area contributed by atoms with E-state index in [1.807, 2.05) is 40.8 Å². The van der Waals surface area contributed by atoms with E-state index in [0.29, 0.717) is 5.69 Å². The van der Waals surface area contributed by atoms with Crippen LogP contribution in [0, 0.1) is 6.92 Å². The van der Waals surface area contributed by atoms with Crippen molar-refractivity contribution in [2.24, 2.45) is 0 Å². The maximum absolute atomic E-state index is 12.7. The highest BCUT2D eigenvalue weighted by atomic mass is 16.2. The Morgan fingerprint density at radius 1 is 1.29 bits per heavy atom. The van der Waals surface area contributed by atoms with Crippen molar-refractivity contribution in [1.29, 1.82) is 0 Å². The molecular weight excluding hydrogens is 304 g/mol. The molecule has 4 heterocycles. The summed E-state index contributed by atoms with van der Waals surface area (Å²) >= 11 is 0. The maximum Gasteiger partial charge on any atom is 0.272 e. The zero-order valence-corrected chi connectivity index (χ0v) is 13.4. The van der Waals surface area contributed by atoms with E-state index in [4.69, 9.17) is 4.98 Å². The highest BCUT2D eigenvalue weighted by molar-refractivity contribution is 5.92. The van der Waals surface area contributed by atoms with Crippen LogP contribution >= 0.6 is 0 Å². The molecule has 1 aliphatic rings.